The minimum atomic E-state index is -0.407. The summed E-state index contributed by atoms with van der Waals surface area (Å²) in [6, 6.07) is 14.2. The Bertz CT molecular complexity index is 867. The van der Waals surface area contributed by atoms with Crippen molar-refractivity contribution in [3.63, 3.8) is 0 Å². The summed E-state index contributed by atoms with van der Waals surface area (Å²) in [5.41, 5.74) is 2.13. The van der Waals surface area contributed by atoms with Crippen LogP contribution in [0, 0.1) is 5.92 Å². The Morgan fingerprint density at radius 1 is 1.07 bits per heavy atom. The first-order valence-electron chi connectivity index (χ1n) is 8.62. The van der Waals surface area contributed by atoms with Crippen LogP contribution < -0.4 is 10.6 Å². The molecule has 6 nitrogen and oxygen atoms in total. The van der Waals surface area contributed by atoms with Gasteiger partial charge in [0.1, 0.15) is 0 Å². The molecule has 7 heteroatoms. The van der Waals surface area contributed by atoms with Crippen LogP contribution in [0.25, 0.3) is 0 Å². The molecule has 3 amide bonds. The summed E-state index contributed by atoms with van der Waals surface area (Å²) in [6.45, 7) is 2.19. The summed E-state index contributed by atoms with van der Waals surface area (Å²) in [6.07, 6.45) is 0.181. The number of hydrogen-bond donors (Lipinski definition) is 2. The number of rotatable bonds is 5. The molecular formula is C20H20ClN3O3. The smallest absolute Gasteiger partial charge is 0.229 e. The van der Waals surface area contributed by atoms with Gasteiger partial charge in [0.15, 0.2) is 0 Å². The number of halogens is 1. The molecule has 0 spiro atoms. The Kier molecular flexibility index (Phi) is 5.76. The van der Waals surface area contributed by atoms with E-state index < -0.39 is 5.92 Å². The zero-order valence-electron chi connectivity index (χ0n) is 14.9. The van der Waals surface area contributed by atoms with Crippen molar-refractivity contribution in [3.8, 4) is 0 Å². The Hall–Kier alpha value is -2.86. The Morgan fingerprint density at radius 2 is 1.70 bits per heavy atom. The summed E-state index contributed by atoms with van der Waals surface area (Å²) in [5.74, 6) is -0.821. The van der Waals surface area contributed by atoms with Crippen LogP contribution in [0.3, 0.4) is 0 Å². The van der Waals surface area contributed by atoms with Gasteiger partial charge in [0, 0.05) is 42.8 Å². The van der Waals surface area contributed by atoms with Crippen LogP contribution in [0.5, 0.6) is 0 Å². The molecule has 1 unspecified atom stereocenters. The molecule has 1 heterocycles. The van der Waals surface area contributed by atoms with Crippen molar-refractivity contribution in [2.75, 3.05) is 17.2 Å². The number of carbonyl (C=O) groups is 3. The molecule has 1 saturated heterocycles. The highest BCUT2D eigenvalue weighted by Gasteiger charge is 2.34. The van der Waals surface area contributed by atoms with E-state index in [1.54, 1.807) is 35.2 Å². The van der Waals surface area contributed by atoms with Gasteiger partial charge in [-0.05, 0) is 35.9 Å². The number of anilines is 2. The Labute approximate surface area is 162 Å². The van der Waals surface area contributed by atoms with E-state index in [0.29, 0.717) is 29.5 Å². The second kappa shape index (κ2) is 8.22. The number of amides is 3. The first kappa shape index (κ1) is 18.9. The summed E-state index contributed by atoms with van der Waals surface area (Å²) in [4.78, 5) is 37.5. The molecule has 1 aliphatic rings. The lowest BCUT2D eigenvalue weighted by Crippen LogP contribution is -2.28. The zero-order chi connectivity index (χ0) is 19.4. The molecule has 1 aliphatic heterocycles. The van der Waals surface area contributed by atoms with Crippen molar-refractivity contribution >= 4 is 40.7 Å². The van der Waals surface area contributed by atoms with Crippen LogP contribution in [0.4, 0.5) is 11.4 Å². The molecule has 2 N–H and O–H groups in total. The molecule has 0 aromatic heterocycles. The minimum absolute atomic E-state index is 0.0592. The standard InChI is InChI=1S/C20H20ClN3O3/c1-13(25)22-16-6-8-17(9-7-16)23-20(27)15-10-19(26)24(12-15)11-14-4-2-3-5-18(14)21/h2-9,15H,10-12H2,1H3,(H,22,25)(H,23,27). The molecule has 0 saturated carbocycles. The number of nitrogens with zero attached hydrogens (tertiary/aromatic N) is 1. The monoisotopic (exact) mass is 385 g/mol. The Morgan fingerprint density at radius 3 is 2.33 bits per heavy atom. The van der Waals surface area contributed by atoms with Crippen molar-refractivity contribution < 1.29 is 14.4 Å². The molecule has 3 rings (SSSR count). The van der Waals surface area contributed by atoms with Gasteiger partial charge in [-0.15, -0.1) is 0 Å². The van der Waals surface area contributed by atoms with E-state index in [-0.39, 0.29) is 24.1 Å². The second-order valence-electron chi connectivity index (χ2n) is 6.51. The average molecular weight is 386 g/mol. The van der Waals surface area contributed by atoms with Crippen molar-refractivity contribution in [2.24, 2.45) is 5.92 Å². The third-order valence-electron chi connectivity index (χ3n) is 4.38. The predicted octanol–water partition coefficient (Wildman–Crippen LogP) is 3.29. The summed E-state index contributed by atoms with van der Waals surface area (Å²) >= 11 is 6.16. The fourth-order valence-electron chi connectivity index (χ4n) is 3.02. The van der Waals surface area contributed by atoms with Gasteiger partial charge in [-0.3, -0.25) is 14.4 Å². The molecule has 2 aromatic carbocycles. The van der Waals surface area contributed by atoms with E-state index in [0.717, 1.165) is 5.56 Å². The van der Waals surface area contributed by atoms with Crippen LogP contribution in [-0.2, 0) is 20.9 Å². The lowest BCUT2D eigenvalue weighted by molar-refractivity contribution is -0.128. The van der Waals surface area contributed by atoms with E-state index in [1.165, 1.54) is 6.92 Å². The predicted molar refractivity (Wildman–Crippen MR) is 104 cm³/mol. The van der Waals surface area contributed by atoms with Crippen LogP contribution in [0.15, 0.2) is 48.5 Å². The molecule has 27 heavy (non-hydrogen) atoms. The van der Waals surface area contributed by atoms with E-state index in [9.17, 15) is 14.4 Å². The molecule has 140 valence electrons. The number of hydrogen-bond acceptors (Lipinski definition) is 3. The highest BCUT2D eigenvalue weighted by atomic mass is 35.5. The minimum Gasteiger partial charge on any atom is -0.337 e. The lowest BCUT2D eigenvalue weighted by Gasteiger charge is -2.17. The largest absolute Gasteiger partial charge is 0.337 e. The first-order valence-corrected chi connectivity index (χ1v) is 9.00. The molecule has 1 fully saturated rings. The second-order valence-corrected chi connectivity index (χ2v) is 6.92. The first-order chi connectivity index (χ1) is 12.9. The van der Waals surface area contributed by atoms with Gasteiger partial charge >= 0.3 is 0 Å². The average Bonchev–Trinajstić information content (AvgIpc) is 2.99. The number of benzene rings is 2. The van der Waals surface area contributed by atoms with Gasteiger partial charge in [-0.25, -0.2) is 0 Å². The number of likely N-dealkylation sites (tertiary alicyclic amines) is 1. The Balaban J connectivity index is 1.59. The van der Waals surface area contributed by atoms with Gasteiger partial charge in [0.25, 0.3) is 0 Å². The van der Waals surface area contributed by atoms with Gasteiger partial charge in [0.05, 0.1) is 5.92 Å². The fourth-order valence-corrected chi connectivity index (χ4v) is 3.21. The zero-order valence-corrected chi connectivity index (χ0v) is 15.6. The molecule has 0 radical (unpaired) electrons. The summed E-state index contributed by atoms with van der Waals surface area (Å²) in [7, 11) is 0. The van der Waals surface area contributed by atoms with E-state index in [1.807, 2.05) is 18.2 Å². The van der Waals surface area contributed by atoms with Crippen molar-refractivity contribution in [3.05, 3.63) is 59.1 Å². The highest BCUT2D eigenvalue weighted by molar-refractivity contribution is 6.31. The van der Waals surface area contributed by atoms with Crippen LogP contribution in [-0.4, -0.2) is 29.2 Å². The molecular weight excluding hydrogens is 366 g/mol. The quantitative estimate of drug-likeness (QED) is 0.829. The van der Waals surface area contributed by atoms with Crippen molar-refractivity contribution in [1.82, 2.24) is 4.90 Å². The topological polar surface area (TPSA) is 78.5 Å². The number of nitrogens with one attached hydrogen (secondary N) is 2. The SMILES string of the molecule is CC(=O)Nc1ccc(NC(=O)C2CC(=O)N(Cc3ccccc3Cl)C2)cc1. The van der Waals surface area contributed by atoms with Crippen molar-refractivity contribution in [1.29, 1.82) is 0 Å². The third-order valence-corrected chi connectivity index (χ3v) is 4.75. The van der Waals surface area contributed by atoms with Crippen LogP contribution >= 0.6 is 11.6 Å². The highest BCUT2D eigenvalue weighted by Crippen LogP contribution is 2.24. The van der Waals surface area contributed by atoms with E-state index in [4.69, 9.17) is 11.6 Å². The molecule has 0 bridgehead atoms. The molecule has 1 atom stereocenters. The van der Waals surface area contributed by atoms with Gasteiger partial charge in [0.2, 0.25) is 17.7 Å². The van der Waals surface area contributed by atoms with Crippen LogP contribution in [0.2, 0.25) is 5.02 Å². The summed E-state index contributed by atoms with van der Waals surface area (Å²) in [5, 5.41) is 6.10. The molecule has 0 aliphatic carbocycles. The third kappa shape index (κ3) is 4.86. The van der Waals surface area contributed by atoms with Gasteiger partial charge in [-0.1, -0.05) is 29.8 Å². The number of carbonyl (C=O) groups excluding carboxylic acids is 3. The lowest BCUT2D eigenvalue weighted by atomic mass is 10.1. The van der Waals surface area contributed by atoms with E-state index in [2.05, 4.69) is 10.6 Å². The van der Waals surface area contributed by atoms with Crippen LogP contribution in [0.1, 0.15) is 18.9 Å². The van der Waals surface area contributed by atoms with E-state index >= 15 is 0 Å². The molecule has 2 aromatic rings. The maximum absolute atomic E-state index is 12.5. The van der Waals surface area contributed by atoms with Crippen molar-refractivity contribution in [2.45, 2.75) is 19.9 Å². The normalized spacial score (nSPS) is 16.3. The van der Waals surface area contributed by atoms with Gasteiger partial charge in [-0.2, -0.15) is 0 Å². The fraction of sp³-hybridized carbons (Fsp3) is 0.250. The maximum Gasteiger partial charge on any atom is 0.229 e. The van der Waals surface area contributed by atoms with Gasteiger partial charge < -0.3 is 15.5 Å². The summed E-state index contributed by atoms with van der Waals surface area (Å²) < 4.78 is 0. The maximum atomic E-state index is 12.5.